The SMILES string of the molecule is C[C@@H](C(=O)O)n1nnc(-c2ccc([N+](=O)[O-])cc2)n1. The lowest BCUT2D eigenvalue weighted by Gasteiger charge is -2.01. The Balaban J connectivity index is 2.27. The number of nitrogens with zero attached hydrogens (tertiary/aromatic N) is 5. The van der Waals surface area contributed by atoms with Crippen LogP contribution in [-0.2, 0) is 4.79 Å². The summed E-state index contributed by atoms with van der Waals surface area (Å²) < 4.78 is 0. The van der Waals surface area contributed by atoms with Gasteiger partial charge in [-0.05, 0) is 24.3 Å². The molecule has 1 aromatic carbocycles. The molecule has 0 amide bonds. The van der Waals surface area contributed by atoms with Crippen molar-refractivity contribution < 1.29 is 14.8 Å². The van der Waals surface area contributed by atoms with Gasteiger partial charge in [0.2, 0.25) is 5.82 Å². The second-order valence-electron chi connectivity index (χ2n) is 3.75. The second-order valence-corrected chi connectivity index (χ2v) is 3.75. The Morgan fingerprint density at radius 3 is 2.58 bits per heavy atom. The maximum absolute atomic E-state index is 10.8. The number of non-ortho nitro benzene ring substituents is 1. The molecule has 0 saturated carbocycles. The van der Waals surface area contributed by atoms with Gasteiger partial charge in [0, 0.05) is 17.7 Å². The van der Waals surface area contributed by atoms with Gasteiger partial charge in [0.15, 0.2) is 6.04 Å². The van der Waals surface area contributed by atoms with Gasteiger partial charge < -0.3 is 5.11 Å². The molecule has 2 aromatic rings. The minimum atomic E-state index is -1.08. The molecule has 9 heteroatoms. The summed E-state index contributed by atoms with van der Waals surface area (Å²) in [5, 5.41) is 30.6. The Hall–Kier alpha value is -2.84. The van der Waals surface area contributed by atoms with Gasteiger partial charge in [-0.25, -0.2) is 4.79 Å². The smallest absolute Gasteiger partial charge is 0.330 e. The summed E-state index contributed by atoms with van der Waals surface area (Å²) in [5.41, 5.74) is 0.476. The van der Waals surface area contributed by atoms with Gasteiger partial charge in [0.05, 0.1) is 4.92 Å². The number of carboxylic acid groups (broad SMARTS) is 1. The quantitative estimate of drug-likeness (QED) is 0.641. The van der Waals surface area contributed by atoms with E-state index in [2.05, 4.69) is 15.4 Å². The van der Waals surface area contributed by atoms with Gasteiger partial charge in [-0.2, -0.15) is 0 Å². The first-order valence-electron chi connectivity index (χ1n) is 5.26. The lowest BCUT2D eigenvalue weighted by Crippen LogP contribution is -2.18. The molecule has 1 atom stereocenters. The molecule has 0 bridgehead atoms. The summed E-state index contributed by atoms with van der Waals surface area (Å²) in [6.07, 6.45) is 0. The van der Waals surface area contributed by atoms with Crippen molar-refractivity contribution >= 4 is 11.7 Å². The molecular weight excluding hydrogens is 254 g/mol. The van der Waals surface area contributed by atoms with Crippen LogP contribution in [0.4, 0.5) is 5.69 Å². The highest BCUT2D eigenvalue weighted by molar-refractivity contribution is 5.71. The number of carboxylic acids is 1. The zero-order valence-corrected chi connectivity index (χ0v) is 9.79. The van der Waals surface area contributed by atoms with Crippen LogP contribution in [0.5, 0.6) is 0 Å². The Bertz CT molecular complexity index is 621. The number of hydrogen-bond acceptors (Lipinski definition) is 6. The zero-order valence-electron chi connectivity index (χ0n) is 9.79. The topological polar surface area (TPSA) is 124 Å². The first-order valence-corrected chi connectivity index (χ1v) is 5.26. The van der Waals surface area contributed by atoms with Crippen LogP contribution in [0.1, 0.15) is 13.0 Å². The van der Waals surface area contributed by atoms with Crippen molar-refractivity contribution in [3.63, 3.8) is 0 Å². The Labute approximate surface area is 106 Å². The monoisotopic (exact) mass is 263 g/mol. The number of carbonyl (C=O) groups is 1. The standard InChI is InChI=1S/C10H9N5O4/c1-6(10(16)17)14-12-9(11-13-14)7-2-4-8(5-3-7)15(18)19/h2-6H,1H3,(H,16,17)/t6-/m0/s1. The number of tetrazole rings is 1. The molecule has 9 nitrogen and oxygen atoms in total. The number of nitro benzene ring substituents is 1. The molecule has 98 valence electrons. The molecule has 1 aromatic heterocycles. The number of nitro groups is 1. The molecule has 0 saturated heterocycles. The summed E-state index contributed by atoms with van der Waals surface area (Å²) in [6.45, 7) is 1.42. The highest BCUT2D eigenvalue weighted by Crippen LogP contribution is 2.18. The van der Waals surface area contributed by atoms with Crippen molar-refractivity contribution in [1.82, 2.24) is 20.2 Å². The molecule has 19 heavy (non-hydrogen) atoms. The van der Waals surface area contributed by atoms with Gasteiger partial charge in [0.1, 0.15) is 0 Å². The Morgan fingerprint density at radius 1 is 1.42 bits per heavy atom. The predicted molar refractivity (Wildman–Crippen MR) is 62.3 cm³/mol. The van der Waals surface area contributed by atoms with Crippen LogP contribution in [0.3, 0.4) is 0 Å². The van der Waals surface area contributed by atoms with E-state index in [0.29, 0.717) is 5.56 Å². The number of aliphatic carboxylic acids is 1. The number of benzene rings is 1. The van der Waals surface area contributed by atoms with E-state index in [-0.39, 0.29) is 11.5 Å². The van der Waals surface area contributed by atoms with Crippen LogP contribution in [0.25, 0.3) is 11.4 Å². The molecule has 0 spiro atoms. The van der Waals surface area contributed by atoms with E-state index in [4.69, 9.17) is 5.11 Å². The first-order chi connectivity index (χ1) is 8.99. The average molecular weight is 263 g/mol. The third-order valence-corrected chi connectivity index (χ3v) is 2.47. The summed E-state index contributed by atoms with van der Waals surface area (Å²) in [4.78, 5) is 21.7. The molecular formula is C10H9N5O4. The predicted octanol–water partition coefficient (Wildman–Crippen LogP) is 0.894. The van der Waals surface area contributed by atoms with Gasteiger partial charge in [-0.3, -0.25) is 10.1 Å². The van der Waals surface area contributed by atoms with Crippen molar-refractivity contribution in [2.24, 2.45) is 0 Å². The lowest BCUT2D eigenvalue weighted by molar-refractivity contribution is -0.384. The molecule has 0 aliphatic heterocycles. The van der Waals surface area contributed by atoms with Gasteiger partial charge in [-0.1, -0.05) is 0 Å². The van der Waals surface area contributed by atoms with Crippen molar-refractivity contribution in [3.8, 4) is 11.4 Å². The third kappa shape index (κ3) is 2.54. The van der Waals surface area contributed by atoms with Crippen LogP contribution in [0.15, 0.2) is 24.3 Å². The molecule has 0 aliphatic rings. The first kappa shape index (κ1) is 12.6. The third-order valence-electron chi connectivity index (χ3n) is 2.47. The van der Waals surface area contributed by atoms with Crippen molar-refractivity contribution in [2.45, 2.75) is 13.0 Å². The Morgan fingerprint density at radius 2 is 2.05 bits per heavy atom. The van der Waals surface area contributed by atoms with Gasteiger partial charge in [-0.15, -0.1) is 15.0 Å². The minimum Gasteiger partial charge on any atom is -0.480 e. The van der Waals surface area contributed by atoms with Crippen LogP contribution in [-0.4, -0.2) is 36.2 Å². The van der Waals surface area contributed by atoms with Crippen molar-refractivity contribution in [1.29, 1.82) is 0 Å². The maximum Gasteiger partial charge on any atom is 0.330 e. The zero-order chi connectivity index (χ0) is 14.0. The van der Waals surface area contributed by atoms with Gasteiger partial charge in [0.25, 0.3) is 5.69 Å². The van der Waals surface area contributed by atoms with Crippen LogP contribution < -0.4 is 0 Å². The molecule has 0 fully saturated rings. The highest BCUT2D eigenvalue weighted by atomic mass is 16.6. The number of hydrogen-bond donors (Lipinski definition) is 1. The fraction of sp³-hybridized carbons (Fsp3) is 0.200. The van der Waals surface area contributed by atoms with Gasteiger partial charge >= 0.3 is 5.97 Å². The average Bonchev–Trinajstić information content (AvgIpc) is 2.87. The summed E-state index contributed by atoms with van der Waals surface area (Å²) in [7, 11) is 0. The number of rotatable bonds is 4. The second kappa shape index (κ2) is 4.80. The van der Waals surface area contributed by atoms with E-state index in [0.717, 1.165) is 4.80 Å². The van der Waals surface area contributed by atoms with Crippen LogP contribution >= 0.6 is 0 Å². The summed E-state index contributed by atoms with van der Waals surface area (Å²) >= 11 is 0. The minimum absolute atomic E-state index is 0.0463. The number of aromatic nitrogens is 4. The molecule has 0 aliphatic carbocycles. The fourth-order valence-corrected chi connectivity index (χ4v) is 1.34. The van der Waals surface area contributed by atoms with Crippen molar-refractivity contribution in [2.75, 3.05) is 0 Å². The van der Waals surface area contributed by atoms with E-state index in [1.54, 1.807) is 0 Å². The largest absolute Gasteiger partial charge is 0.480 e. The van der Waals surface area contributed by atoms with Crippen molar-refractivity contribution in [3.05, 3.63) is 34.4 Å². The van der Waals surface area contributed by atoms with E-state index < -0.39 is 16.9 Å². The highest BCUT2D eigenvalue weighted by Gasteiger charge is 2.17. The normalized spacial score (nSPS) is 12.1. The lowest BCUT2D eigenvalue weighted by atomic mass is 10.2. The van der Waals surface area contributed by atoms with E-state index in [1.165, 1.54) is 31.2 Å². The van der Waals surface area contributed by atoms with E-state index in [9.17, 15) is 14.9 Å². The fourth-order valence-electron chi connectivity index (χ4n) is 1.34. The molecule has 0 radical (unpaired) electrons. The molecule has 0 unspecified atom stereocenters. The molecule has 2 rings (SSSR count). The molecule has 1 N–H and O–H groups in total. The molecule has 1 heterocycles. The maximum atomic E-state index is 10.8. The van der Waals surface area contributed by atoms with Crippen LogP contribution in [0.2, 0.25) is 0 Å². The van der Waals surface area contributed by atoms with Crippen LogP contribution in [0, 0.1) is 10.1 Å². The van der Waals surface area contributed by atoms with E-state index in [1.807, 2.05) is 0 Å². The summed E-state index contributed by atoms with van der Waals surface area (Å²) in [5.74, 6) is -0.865. The van der Waals surface area contributed by atoms with E-state index >= 15 is 0 Å². The summed E-state index contributed by atoms with van der Waals surface area (Å²) in [6, 6.07) is 4.66. The Kier molecular flexibility index (Phi) is 3.19.